The van der Waals surface area contributed by atoms with Gasteiger partial charge < -0.3 is 19.7 Å². The number of nitrogens with zero attached hydrogens (tertiary/aromatic N) is 1. The van der Waals surface area contributed by atoms with Crippen molar-refractivity contribution in [2.75, 3.05) is 6.61 Å². The average molecular weight is 504 g/mol. The fourth-order valence-electron chi connectivity index (χ4n) is 6.31. The quantitative estimate of drug-likeness (QED) is 0.431. The smallest absolute Gasteiger partial charge is 0.213 e. The first-order valence-electron chi connectivity index (χ1n) is 13.4. The summed E-state index contributed by atoms with van der Waals surface area (Å²) in [6, 6.07) is 15.0. The molecule has 0 saturated heterocycles. The Labute approximate surface area is 217 Å². The van der Waals surface area contributed by atoms with Crippen LogP contribution < -0.4 is 9.47 Å². The van der Waals surface area contributed by atoms with E-state index in [1.807, 2.05) is 25.1 Å². The average Bonchev–Trinajstić information content (AvgIpc) is 3.34. The summed E-state index contributed by atoms with van der Waals surface area (Å²) in [7, 11) is 0. The van der Waals surface area contributed by atoms with Gasteiger partial charge in [-0.25, -0.2) is 9.37 Å². The van der Waals surface area contributed by atoms with Crippen LogP contribution in [0.5, 0.6) is 11.6 Å². The van der Waals surface area contributed by atoms with Crippen molar-refractivity contribution in [1.82, 2.24) is 4.98 Å². The minimum absolute atomic E-state index is 0.00101. The van der Waals surface area contributed by atoms with Crippen molar-refractivity contribution in [1.29, 1.82) is 0 Å². The maximum Gasteiger partial charge on any atom is 0.213 e. The molecule has 0 spiro atoms. The van der Waals surface area contributed by atoms with Crippen molar-refractivity contribution < 1.29 is 24.1 Å². The molecule has 6 rings (SSSR count). The predicted molar refractivity (Wildman–Crippen MR) is 139 cm³/mol. The lowest BCUT2D eigenvalue weighted by atomic mass is 9.83. The van der Waals surface area contributed by atoms with Crippen LogP contribution in [0.4, 0.5) is 4.39 Å². The van der Waals surface area contributed by atoms with Gasteiger partial charge in [0.25, 0.3) is 0 Å². The highest BCUT2D eigenvalue weighted by Gasteiger charge is 2.52. The summed E-state index contributed by atoms with van der Waals surface area (Å²) in [5.41, 5.74) is 4.53. The molecule has 0 amide bonds. The molecule has 194 valence electrons. The van der Waals surface area contributed by atoms with Crippen molar-refractivity contribution in [3.8, 4) is 22.8 Å². The topological polar surface area (TPSA) is 71.8 Å². The third-order valence-electron chi connectivity index (χ3n) is 8.73. The molecule has 3 aliphatic carbocycles. The van der Waals surface area contributed by atoms with Gasteiger partial charge in [-0.3, -0.25) is 0 Å². The predicted octanol–water partition coefficient (Wildman–Crippen LogP) is 5.73. The van der Waals surface area contributed by atoms with E-state index in [-0.39, 0.29) is 19.0 Å². The Morgan fingerprint density at radius 1 is 1.08 bits per heavy atom. The van der Waals surface area contributed by atoms with E-state index in [1.165, 1.54) is 17.2 Å². The number of ether oxygens (including phenoxy) is 2. The monoisotopic (exact) mass is 503 g/mol. The Morgan fingerprint density at radius 3 is 2.76 bits per heavy atom. The largest absolute Gasteiger partial charge is 0.489 e. The molecule has 2 fully saturated rings. The molecule has 0 aliphatic heterocycles. The molecule has 2 N–H and O–H groups in total. The molecule has 37 heavy (non-hydrogen) atoms. The van der Waals surface area contributed by atoms with Crippen LogP contribution in [-0.2, 0) is 13.0 Å². The minimum atomic E-state index is -1.24. The van der Waals surface area contributed by atoms with Crippen molar-refractivity contribution in [3.63, 3.8) is 0 Å². The van der Waals surface area contributed by atoms with Crippen LogP contribution in [0.25, 0.3) is 11.1 Å². The molecule has 1 heterocycles. The molecule has 0 bridgehead atoms. The maximum absolute atomic E-state index is 14.7. The molecule has 5 nitrogen and oxygen atoms in total. The molecule has 3 aromatic rings. The van der Waals surface area contributed by atoms with E-state index in [9.17, 15) is 14.6 Å². The first kappa shape index (κ1) is 24.4. The van der Waals surface area contributed by atoms with Crippen LogP contribution in [0.15, 0.2) is 48.5 Å². The summed E-state index contributed by atoms with van der Waals surface area (Å²) in [6.45, 7) is 4.35. The fraction of sp³-hybridized carbons (Fsp3) is 0.452. The lowest BCUT2D eigenvalue weighted by Gasteiger charge is -2.36. The standard InChI is InChI=1S/C31H34FNO4/c1-18-26-15-21-14-23(7-8-25(21)30(18)26)36-16-22-13-20(6-10-27(22)32)24-9-11-29(33-19(24)2)37-17-31(35)12-4-3-5-28(31)34/h6-11,13-14,18,26,28,30,34-35H,3-5,12,15-17H2,1-2H3/t18-,26-,28?,30-,31?/m0/s1. The summed E-state index contributed by atoms with van der Waals surface area (Å²) >= 11 is 0. The third kappa shape index (κ3) is 4.62. The van der Waals surface area contributed by atoms with Crippen molar-refractivity contribution in [2.45, 2.75) is 70.2 Å². The second-order valence-corrected chi connectivity index (χ2v) is 11.1. The Balaban J connectivity index is 1.13. The highest BCUT2D eigenvalue weighted by molar-refractivity contribution is 5.67. The minimum Gasteiger partial charge on any atom is -0.489 e. The normalized spacial score (nSPS) is 27.9. The molecule has 1 aromatic heterocycles. The summed E-state index contributed by atoms with van der Waals surface area (Å²) < 4.78 is 26.4. The fourth-order valence-corrected chi connectivity index (χ4v) is 6.31. The van der Waals surface area contributed by atoms with Gasteiger partial charge in [-0.15, -0.1) is 0 Å². The van der Waals surface area contributed by atoms with E-state index >= 15 is 0 Å². The highest BCUT2D eigenvalue weighted by atomic mass is 19.1. The first-order valence-corrected chi connectivity index (χ1v) is 13.4. The van der Waals surface area contributed by atoms with E-state index in [4.69, 9.17) is 9.47 Å². The van der Waals surface area contributed by atoms with Crippen LogP contribution in [0.3, 0.4) is 0 Å². The van der Waals surface area contributed by atoms with Gasteiger partial charge in [0.15, 0.2) is 0 Å². The van der Waals surface area contributed by atoms with Gasteiger partial charge >= 0.3 is 0 Å². The Kier molecular flexibility index (Phi) is 6.20. The van der Waals surface area contributed by atoms with Crippen LogP contribution in [-0.4, -0.2) is 33.5 Å². The van der Waals surface area contributed by atoms with E-state index < -0.39 is 11.7 Å². The summed E-state index contributed by atoms with van der Waals surface area (Å²) in [5.74, 6) is 3.17. The number of benzene rings is 2. The van der Waals surface area contributed by atoms with Crippen LogP contribution in [0, 0.1) is 24.6 Å². The van der Waals surface area contributed by atoms with Gasteiger partial charge in [-0.1, -0.05) is 31.9 Å². The molecular weight excluding hydrogens is 469 g/mol. The number of hydrogen-bond acceptors (Lipinski definition) is 5. The van der Waals surface area contributed by atoms with E-state index in [0.29, 0.717) is 24.3 Å². The van der Waals surface area contributed by atoms with Gasteiger partial charge in [0.1, 0.15) is 30.4 Å². The number of aliphatic hydroxyl groups is 2. The second-order valence-electron chi connectivity index (χ2n) is 11.1. The van der Waals surface area contributed by atoms with Crippen molar-refractivity contribution in [3.05, 3.63) is 76.7 Å². The van der Waals surface area contributed by atoms with Crippen LogP contribution >= 0.6 is 0 Å². The van der Waals surface area contributed by atoms with Gasteiger partial charge in [-0.05, 0) is 91.0 Å². The number of aryl methyl sites for hydroxylation is 1. The van der Waals surface area contributed by atoms with Crippen molar-refractivity contribution in [2.24, 2.45) is 11.8 Å². The number of rotatable bonds is 7. The zero-order chi connectivity index (χ0) is 25.7. The molecule has 2 unspecified atom stereocenters. The van der Waals surface area contributed by atoms with Gasteiger partial charge in [0.05, 0.1) is 6.10 Å². The number of aliphatic hydroxyl groups excluding tert-OH is 1. The molecule has 2 saturated carbocycles. The van der Waals surface area contributed by atoms with E-state index in [0.717, 1.165) is 59.6 Å². The molecule has 3 aliphatic rings. The number of pyridine rings is 1. The number of halogens is 1. The van der Waals surface area contributed by atoms with Crippen molar-refractivity contribution >= 4 is 0 Å². The zero-order valence-corrected chi connectivity index (χ0v) is 21.4. The molecular formula is C31H34FNO4. The maximum atomic E-state index is 14.7. The molecule has 5 atom stereocenters. The summed E-state index contributed by atoms with van der Waals surface area (Å²) in [5, 5.41) is 20.9. The lowest BCUT2D eigenvalue weighted by Crippen LogP contribution is -2.49. The number of hydrogen-bond donors (Lipinski definition) is 2. The first-order chi connectivity index (χ1) is 17.8. The van der Waals surface area contributed by atoms with E-state index in [1.54, 1.807) is 12.1 Å². The van der Waals surface area contributed by atoms with Gasteiger partial charge in [-0.2, -0.15) is 0 Å². The number of aromatic nitrogens is 1. The Morgan fingerprint density at radius 2 is 1.95 bits per heavy atom. The zero-order valence-electron chi connectivity index (χ0n) is 21.4. The Hall–Kier alpha value is -2.96. The summed E-state index contributed by atoms with van der Waals surface area (Å²) in [4.78, 5) is 4.54. The SMILES string of the molecule is Cc1nc(OCC2(O)CCCCC2O)ccc1-c1ccc(F)c(COc2ccc3c(c2)C[C@H]2[C@H](C)[C@@H]32)c1. The highest BCUT2D eigenvalue weighted by Crippen LogP contribution is 2.61. The van der Waals surface area contributed by atoms with Gasteiger partial charge in [0, 0.05) is 22.9 Å². The number of fused-ring (bicyclic) bond motifs is 3. The van der Waals surface area contributed by atoms with Crippen LogP contribution in [0.1, 0.15) is 60.9 Å². The van der Waals surface area contributed by atoms with Crippen LogP contribution in [0.2, 0.25) is 0 Å². The third-order valence-corrected chi connectivity index (χ3v) is 8.73. The second kappa shape index (κ2) is 9.41. The molecule has 2 aromatic carbocycles. The molecule has 6 heteroatoms. The lowest BCUT2D eigenvalue weighted by molar-refractivity contribution is -0.121. The molecule has 0 radical (unpaired) electrons. The summed E-state index contributed by atoms with van der Waals surface area (Å²) in [6.07, 6.45) is 3.20. The van der Waals surface area contributed by atoms with E-state index in [2.05, 4.69) is 24.0 Å². The Bertz CT molecular complexity index is 1330. The van der Waals surface area contributed by atoms with Gasteiger partial charge in [0.2, 0.25) is 5.88 Å².